The minimum Gasteiger partial charge on any atom is -0.465 e. The summed E-state index contributed by atoms with van der Waals surface area (Å²) in [6.45, 7) is 8.27. The highest BCUT2D eigenvalue weighted by atomic mass is 16.5. The fourth-order valence-corrected chi connectivity index (χ4v) is 3.42. The lowest BCUT2D eigenvalue weighted by molar-refractivity contribution is -0.164. The minimum atomic E-state index is -0.969. The topological polar surface area (TPSA) is 102 Å². The first-order chi connectivity index (χ1) is 15.0. The molecule has 7 nitrogen and oxygen atoms in total. The van der Waals surface area contributed by atoms with E-state index < -0.39 is 30.6 Å². The highest BCUT2D eigenvalue weighted by Gasteiger charge is 2.33. The molecule has 0 aromatic carbocycles. The Balaban J connectivity index is 4.98. The average molecular weight is 447 g/mol. The molecule has 4 unspecified atom stereocenters. The minimum absolute atomic E-state index is 0.0347. The molecule has 2 N–H and O–H groups in total. The van der Waals surface area contributed by atoms with E-state index in [4.69, 9.17) is 19.3 Å². The van der Waals surface area contributed by atoms with E-state index in [1.54, 1.807) is 0 Å². The number of hydrogen-bond acceptors (Lipinski definition) is 7. The van der Waals surface area contributed by atoms with Crippen molar-refractivity contribution in [3.63, 3.8) is 0 Å². The maximum absolute atomic E-state index is 12.8. The van der Waals surface area contributed by atoms with Gasteiger partial charge in [0, 0.05) is 0 Å². The molecule has 0 spiro atoms. The molecule has 0 aliphatic carbocycles. The molecular weight excluding hydrogens is 400 g/mol. The van der Waals surface area contributed by atoms with Crippen LogP contribution in [0.3, 0.4) is 0 Å². The molecule has 0 saturated carbocycles. The molecule has 0 saturated heterocycles. The van der Waals surface area contributed by atoms with Gasteiger partial charge in [0.15, 0.2) is 0 Å². The number of hydrogen-bond donors (Lipinski definition) is 2. The van der Waals surface area contributed by atoms with E-state index in [0.29, 0.717) is 12.5 Å². The van der Waals surface area contributed by atoms with Crippen LogP contribution in [0.5, 0.6) is 0 Å². The molecule has 184 valence electrons. The van der Waals surface area contributed by atoms with E-state index in [9.17, 15) is 14.7 Å². The SMILES string of the molecule is CCCCC(CC)COC(=O)CC(C(=O)OCC(CC)CCCC)C(CO)OCCO. The molecule has 0 amide bonds. The number of ether oxygens (including phenoxy) is 3. The highest BCUT2D eigenvalue weighted by molar-refractivity contribution is 5.80. The van der Waals surface area contributed by atoms with Gasteiger partial charge in [-0.15, -0.1) is 0 Å². The maximum Gasteiger partial charge on any atom is 0.312 e. The van der Waals surface area contributed by atoms with E-state index in [1.807, 2.05) is 0 Å². The van der Waals surface area contributed by atoms with Crippen LogP contribution in [0, 0.1) is 17.8 Å². The highest BCUT2D eigenvalue weighted by Crippen LogP contribution is 2.20. The second kappa shape index (κ2) is 19.5. The van der Waals surface area contributed by atoms with Gasteiger partial charge in [0.1, 0.15) is 0 Å². The largest absolute Gasteiger partial charge is 0.465 e. The van der Waals surface area contributed by atoms with E-state index in [1.165, 1.54) is 0 Å². The van der Waals surface area contributed by atoms with Crippen molar-refractivity contribution in [1.29, 1.82) is 0 Å². The van der Waals surface area contributed by atoms with Crippen molar-refractivity contribution in [2.24, 2.45) is 17.8 Å². The number of esters is 2. The van der Waals surface area contributed by atoms with Crippen LogP contribution in [0.4, 0.5) is 0 Å². The molecule has 0 bridgehead atoms. The lowest BCUT2D eigenvalue weighted by Gasteiger charge is -2.25. The first-order valence-electron chi connectivity index (χ1n) is 12.1. The third-order valence-corrected chi connectivity index (χ3v) is 5.77. The fraction of sp³-hybridized carbons (Fsp3) is 0.917. The Kier molecular flexibility index (Phi) is 18.8. The van der Waals surface area contributed by atoms with Gasteiger partial charge in [0.2, 0.25) is 0 Å². The Morgan fingerprint density at radius 2 is 1.39 bits per heavy atom. The molecule has 0 radical (unpaired) electrons. The zero-order valence-electron chi connectivity index (χ0n) is 20.1. The van der Waals surface area contributed by atoms with Crippen LogP contribution in [0.1, 0.15) is 85.5 Å². The molecule has 0 heterocycles. The van der Waals surface area contributed by atoms with Gasteiger partial charge in [0.25, 0.3) is 0 Å². The van der Waals surface area contributed by atoms with Crippen LogP contribution >= 0.6 is 0 Å². The first kappa shape index (κ1) is 29.8. The Morgan fingerprint density at radius 3 is 1.84 bits per heavy atom. The van der Waals surface area contributed by atoms with Gasteiger partial charge in [-0.1, -0.05) is 66.2 Å². The average Bonchev–Trinajstić information content (AvgIpc) is 2.78. The van der Waals surface area contributed by atoms with Gasteiger partial charge in [0.05, 0.1) is 51.5 Å². The summed E-state index contributed by atoms with van der Waals surface area (Å²) >= 11 is 0. The van der Waals surface area contributed by atoms with Gasteiger partial charge in [-0.05, 0) is 24.7 Å². The third-order valence-electron chi connectivity index (χ3n) is 5.77. The lowest BCUT2D eigenvalue weighted by atomic mass is 9.97. The molecule has 31 heavy (non-hydrogen) atoms. The lowest BCUT2D eigenvalue weighted by Crippen LogP contribution is -2.38. The van der Waals surface area contributed by atoms with E-state index in [0.717, 1.165) is 51.4 Å². The number of carbonyl (C=O) groups is 2. The van der Waals surface area contributed by atoms with Crippen molar-refractivity contribution < 1.29 is 34.0 Å². The summed E-state index contributed by atoms with van der Waals surface area (Å²) in [6, 6.07) is 0. The molecular formula is C24H46O7. The summed E-state index contributed by atoms with van der Waals surface area (Å²) in [5.74, 6) is -1.46. The van der Waals surface area contributed by atoms with Crippen molar-refractivity contribution in [2.75, 3.05) is 33.0 Å². The summed E-state index contributed by atoms with van der Waals surface area (Å²) in [6.07, 6.45) is 7.00. The molecule has 0 aromatic heterocycles. The summed E-state index contributed by atoms with van der Waals surface area (Å²) in [5, 5.41) is 18.7. The number of aliphatic hydroxyl groups is 2. The Labute approximate surface area is 188 Å². The Hall–Kier alpha value is -1.18. The van der Waals surface area contributed by atoms with Crippen LogP contribution in [0.15, 0.2) is 0 Å². The molecule has 7 heteroatoms. The summed E-state index contributed by atoms with van der Waals surface area (Å²) in [5.41, 5.74) is 0. The van der Waals surface area contributed by atoms with Crippen LogP contribution in [-0.2, 0) is 23.8 Å². The van der Waals surface area contributed by atoms with E-state index >= 15 is 0 Å². The van der Waals surface area contributed by atoms with Gasteiger partial charge >= 0.3 is 11.9 Å². The standard InChI is InChI=1S/C24H46O7/c1-5-9-11-19(7-3)17-30-23(27)15-21(22(16-26)29-14-13-25)24(28)31-18-20(8-4)12-10-6-2/h19-22,25-26H,5-18H2,1-4H3. The molecule has 0 aliphatic rings. The molecule has 0 aliphatic heterocycles. The van der Waals surface area contributed by atoms with Crippen molar-refractivity contribution >= 4 is 11.9 Å². The summed E-state index contributed by atoms with van der Waals surface area (Å²) < 4.78 is 16.4. The number of carbonyl (C=O) groups excluding carboxylic acids is 2. The van der Waals surface area contributed by atoms with Crippen molar-refractivity contribution in [2.45, 2.75) is 91.6 Å². The summed E-state index contributed by atoms with van der Waals surface area (Å²) in [4.78, 5) is 25.3. The van der Waals surface area contributed by atoms with Crippen LogP contribution in [0.25, 0.3) is 0 Å². The predicted octanol–water partition coefficient (Wildman–Crippen LogP) is 3.88. The van der Waals surface area contributed by atoms with Gasteiger partial charge < -0.3 is 24.4 Å². The third kappa shape index (κ3) is 13.8. The van der Waals surface area contributed by atoms with Gasteiger partial charge in [-0.3, -0.25) is 9.59 Å². The maximum atomic E-state index is 12.8. The molecule has 4 atom stereocenters. The van der Waals surface area contributed by atoms with Gasteiger partial charge in [-0.25, -0.2) is 0 Å². The fourth-order valence-electron chi connectivity index (χ4n) is 3.42. The molecule has 0 aromatic rings. The van der Waals surface area contributed by atoms with Crippen LogP contribution < -0.4 is 0 Å². The number of aliphatic hydroxyl groups excluding tert-OH is 2. The monoisotopic (exact) mass is 446 g/mol. The van der Waals surface area contributed by atoms with Crippen molar-refractivity contribution in [3.05, 3.63) is 0 Å². The van der Waals surface area contributed by atoms with Crippen LogP contribution in [-0.4, -0.2) is 61.3 Å². The smallest absolute Gasteiger partial charge is 0.312 e. The number of rotatable bonds is 20. The first-order valence-corrected chi connectivity index (χ1v) is 12.1. The normalized spacial score (nSPS) is 15.2. The van der Waals surface area contributed by atoms with E-state index in [-0.39, 0.29) is 32.2 Å². The van der Waals surface area contributed by atoms with Gasteiger partial charge in [-0.2, -0.15) is 0 Å². The number of unbranched alkanes of at least 4 members (excludes halogenated alkanes) is 2. The molecule has 0 fully saturated rings. The van der Waals surface area contributed by atoms with Crippen molar-refractivity contribution in [1.82, 2.24) is 0 Å². The Bertz CT molecular complexity index is 455. The molecule has 0 rings (SSSR count). The second-order valence-electron chi connectivity index (χ2n) is 8.27. The van der Waals surface area contributed by atoms with Crippen molar-refractivity contribution in [3.8, 4) is 0 Å². The van der Waals surface area contributed by atoms with E-state index in [2.05, 4.69) is 27.7 Å². The Morgan fingerprint density at radius 1 is 0.839 bits per heavy atom. The van der Waals surface area contributed by atoms with Crippen LogP contribution in [0.2, 0.25) is 0 Å². The predicted molar refractivity (Wildman–Crippen MR) is 121 cm³/mol. The zero-order chi connectivity index (χ0) is 23.5. The second-order valence-corrected chi connectivity index (χ2v) is 8.27. The zero-order valence-corrected chi connectivity index (χ0v) is 20.1. The quantitative estimate of drug-likeness (QED) is 0.274. The summed E-state index contributed by atoms with van der Waals surface area (Å²) in [7, 11) is 0.